The Balaban J connectivity index is 1.42. The lowest BCUT2D eigenvalue weighted by molar-refractivity contribution is -0.115. The molecule has 8 nitrogen and oxygen atoms in total. The molecule has 0 aliphatic heterocycles. The number of hydrogen-bond donors (Lipinski definition) is 3. The zero-order valence-electron chi connectivity index (χ0n) is 19.2. The third kappa shape index (κ3) is 3.86. The largest absolute Gasteiger partial charge is 0.338 e. The molecule has 0 aliphatic carbocycles. The number of halogens is 1. The van der Waals surface area contributed by atoms with Gasteiger partial charge >= 0.3 is 0 Å². The number of hydrogen-bond acceptors (Lipinski definition) is 5. The Kier molecular flexibility index (Phi) is 5.22. The molecule has 36 heavy (non-hydrogen) atoms. The molecule has 0 unspecified atom stereocenters. The number of fused-ring (bicyclic) bond motifs is 2. The van der Waals surface area contributed by atoms with Crippen molar-refractivity contribution in [2.75, 3.05) is 5.32 Å². The molecule has 0 atom stereocenters. The summed E-state index contributed by atoms with van der Waals surface area (Å²) in [6, 6.07) is 14.1. The topological polar surface area (TPSA) is 112 Å². The summed E-state index contributed by atoms with van der Waals surface area (Å²) in [7, 11) is 0. The van der Waals surface area contributed by atoms with Crippen LogP contribution in [0.5, 0.6) is 0 Å². The summed E-state index contributed by atoms with van der Waals surface area (Å²) in [4.78, 5) is 28.4. The molecule has 0 aliphatic rings. The minimum absolute atomic E-state index is 0.0816. The summed E-state index contributed by atoms with van der Waals surface area (Å²) in [6.45, 7) is 1.80. The minimum atomic E-state index is -0.278. The van der Waals surface area contributed by atoms with Crippen LogP contribution in [0.1, 0.15) is 13.3 Å². The van der Waals surface area contributed by atoms with Crippen LogP contribution < -0.4 is 5.32 Å². The maximum Gasteiger partial charge on any atom is 0.224 e. The van der Waals surface area contributed by atoms with Crippen LogP contribution in [-0.4, -0.2) is 36.0 Å². The predicted octanol–water partition coefficient (Wildman–Crippen LogP) is 5.72. The fourth-order valence-electron chi connectivity index (χ4n) is 4.21. The maximum absolute atomic E-state index is 13.4. The molecular weight excluding hydrogens is 457 g/mol. The van der Waals surface area contributed by atoms with Gasteiger partial charge in [0.1, 0.15) is 17.2 Å². The number of aromatic amines is 2. The van der Waals surface area contributed by atoms with Gasteiger partial charge in [0, 0.05) is 35.2 Å². The van der Waals surface area contributed by atoms with E-state index in [1.54, 1.807) is 43.8 Å². The summed E-state index contributed by atoms with van der Waals surface area (Å²) in [5, 5.41) is 12.2. The summed E-state index contributed by atoms with van der Waals surface area (Å²) < 4.78 is 13.4. The number of anilines is 1. The van der Waals surface area contributed by atoms with Crippen LogP contribution in [0.25, 0.3) is 55.7 Å². The SMILES string of the molecule is CCC(=O)Nc1cncc(-c2cc3c(-c4cc5c(-c6ccc(F)cc6)ccnc5[nH]4)n[nH]c3cn2)c1. The molecule has 1 aromatic carbocycles. The third-order valence-electron chi connectivity index (χ3n) is 6.03. The van der Waals surface area contributed by atoms with Gasteiger partial charge in [-0.15, -0.1) is 0 Å². The fraction of sp³-hybridized carbons (Fsp3) is 0.0741. The molecule has 6 rings (SSSR count). The third-order valence-corrected chi connectivity index (χ3v) is 6.03. The summed E-state index contributed by atoms with van der Waals surface area (Å²) in [5.41, 5.74) is 6.93. The van der Waals surface area contributed by atoms with Gasteiger partial charge in [-0.2, -0.15) is 5.10 Å². The Morgan fingerprint density at radius 1 is 0.972 bits per heavy atom. The lowest BCUT2D eigenvalue weighted by Gasteiger charge is -2.06. The van der Waals surface area contributed by atoms with Gasteiger partial charge in [-0.05, 0) is 47.5 Å². The van der Waals surface area contributed by atoms with Crippen molar-refractivity contribution in [1.82, 2.24) is 30.1 Å². The van der Waals surface area contributed by atoms with E-state index in [-0.39, 0.29) is 11.7 Å². The van der Waals surface area contributed by atoms with Crippen LogP contribution in [0, 0.1) is 5.82 Å². The lowest BCUT2D eigenvalue weighted by atomic mass is 10.0. The van der Waals surface area contributed by atoms with Crippen molar-refractivity contribution in [3.63, 3.8) is 0 Å². The number of aromatic nitrogens is 6. The number of amides is 1. The Bertz CT molecular complexity index is 1740. The van der Waals surface area contributed by atoms with Crippen LogP contribution in [-0.2, 0) is 4.79 Å². The molecule has 5 aromatic heterocycles. The molecule has 0 bridgehead atoms. The molecule has 0 spiro atoms. The highest BCUT2D eigenvalue weighted by Crippen LogP contribution is 2.34. The molecule has 3 N–H and O–H groups in total. The predicted molar refractivity (Wildman–Crippen MR) is 137 cm³/mol. The van der Waals surface area contributed by atoms with Crippen molar-refractivity contribution < 1.29 is 9.18 Å². The number of carbonyl (C=O) groups excluding carboxylic acids is 1. The second-order valence-electron chi connectivity index (χ2n) is 8.36. The summed E-state index contributed by atoms with van der Waals surface area (Å²) in [5.74, 6) is -0.360. The van der Waals surface area contributed by atoms with Gasteiger partial charge in [-0.25, -0.2) is 9.37 Å². The zero-order chi connectivity index (χ0) is 24.6. The first kappa shape index (κ1) is 21.6. The van der Waals surface area contributed by atoms with E-state index in [1.807, 2.05) is 24.3 Å². The van der Waals surface area contributed by atoms with Gasteiger partial charge in [-0.3, -0.25) is 19.9 Å². The summed E-state index contributed by atoms with van der Waals surface area (Å²) >= 11 is 0. The molecule has 0 saturated heterocycles. The number of nitrogens with one attached hydrogen (secondary N) is 3. The van der Waals surface area contributed by atoms with E-state index < -0.39 is 0 Å². The second-order valence-corrected chi connectivity index (χ2v) is 8.36. The highest BCUT2D eigenvalue weighted by atomic mass is 19.1. The molecule has 0 saturated carbocycles. The van der Waals surface area contributed by atoms with Gasteiger partial charge < -0.3 is 10.3 Å². The van der Waals surface area contributed by atoms with Gasteiger partial charge in [0.05, 0.1) is 35.0 Å². The molecule has 5 heterocycles. The molecule has 0 fully saturated rings. The average molecular weight is 478 g/mol. The minimum Gasteiger partial charge on any atom is -0.338 e. The highest BCUT2D eigenvalue weighted by Gasteiger charge is 2.16. The second kappa shape index (κ2) is 8.70. The van der Waals surface area contributed by atoms with Crippen LogP contribution in [0.2, 0.25) is 0 Å². The van der Waals surface area contributed by atoms with E-state index in [2.05, 4.69) is 35.5 Å². The van der Waals surface area contributed by atoms with E-state index in [1.165, 1.54) is 12.1 Å². The van der Waals surface area contributed by atoms with Gasteiger partial charge in [-0.1, -0.05) is 19.1 Å². The number of nitrogens with zero attached hydrogens (tertiary/aromatic N) is 4. The van der Waals surface area contributed by atoms with Crippen LogP contribution in [0.15, 0.2) is 73.3 Å². The first-order valence-corrected chi connectivity index (χ1v) is 11.4. The maximum atomic E-state index is 13.4. The Morgan fingerprint density at radius 3 is 2.67 bits per heavy atom. The molecule has 176 valence electrons. The van der Waals surface area contributed by atoms with E-state index >= 15 is 0 Å². The normalized spacial score (nSPS) is 11.3. The number of pyridine rings is 3. The Hall–Kier alpha value is -4.92. The van der Waals surface area contributed by atoms with E-state index in [0.717, 1.165) is 44.4 Å². The van der Waals surface area contributed by atoms with Crippen LogP contribution >= 0.6 is 0 Å². The summed E-state index contributed by atoms with van der Waals surface area (Å²) in [6.07, 6.45) is 7.15. The lowest BCUT2D eigenvalue weighted by Crippen LogP contribution is -2.09. The number of H-pyrrole nitrogens is 2. The molecule has 0 radical (unpaired) electrons. The first-order valence-electron chi connectivity index (χ1n) is 11.4. The van der Waals surface area contributed by atoms with Crippen molar-refractivity contribution in [3.8, 4) is 33.8 Å². The highest BCUT2D eigenvalue weighted by molar-refractivity contribution is 6.00. The van der Waals surface area contributed by atoms with Crippen molar-refractivity contribution in [3.05, 3.63) is 79.1 Å². The van der Waals surface area contributed by atoms with E-state index in [0.29, 0.717) is 23.4 Å². The van der Waals surface area contributed by atoms with E-state index in [4.69, 9.17) is 0 Å². The smallest absolute Gasteiger partial charge is 0.224 e. The van der Waals surface area contributed by atoms with Crippen LogP contribution in [0.4, 0.5) is 10.1 Å². The van der Waals surface area contributed by atoms with Gasteiger partial charge in [0.15, 0.2) is 0 Å². The number of carbonyl (C=O) groups is 1. The molecule has 6 aromatic rings. The van der Waals surface area contributed by atoms with Gasteiger partial charge in [0.25, 0.3) is 0 Å². The van der Waals surface area contributed by atoms with Crippen molar-refractivity contribution >= 4 is 33.5 Å². The van der Waals surface area contributed by atoms with E-state index in [9.17, 15) is 9.18 Å². The molecule has 9 heteroatoms. The molecular formula is C27H20FN7O. The number of rotatable bonds is 5. The van der Waals surface area contributed by atoms with Crippen LogP contribution in [0.3, 0.4) is 0 Å². The van der Waals surface area contributed by atoms with Crippen molar-refractivity contribution in [2.24, 2.45) is 0 Å². The Morgan fingerprint density at radius 2 is 1.83 bits per heavy atom. The fourth-order valence-corrected chi connectivity index (χ4v) is 4.21. The standard InChI is InChI=1S/C27H20FN7O/c1-2-25(36)32-18-9-16(12-29-13-18)22-11-21-24(14-31-22)34-35-26(21)23-10-20-19(7-8-30-27(20)33-23)15-3-5-17(28)6-4-15/h3-14H,2H2,1H3,(H,30,33)(H,32,36)(H,34,35). The monoisotopic (exact) mass is 477 g/mol. The molecule has 1 amide bonds. The quantitative estimate of drug-likeness (QED) is 0.294. The Labute approximate surface area is 204 Å². The first-order chi connectivity index (χ1) is 17.6. The van der Waals surface area contributed by atoms with Crippen molar-refractivity contribution in [2.45, 2.75) is 13.3 Å². The van der Waals surface area contributed by atoms with Crippen molar-refractivity contribution in [1.29, 1.82) is 0 Å². The zero-order valence-corrected chi connectivity index (χ0v) is 19.2. The number of benzene rings is 1. The average Bonchev–Trinajstić information content (AvgIpc) is 3.53. The van der Waals surface area contributed by atoms with Gasteiger partial charge in [0.2, 0.25) is 5.91 Å².